The molecule has 4 rings (SSSR count). The number of anilines is 1. The number of rotatable bonds is 7. The molecule has 4 N–H and O–H groups in total. The lowest BCUT2D eigenvalue weighted by atomic mass is 9.94. The summed E-state index contributed by atoms with van der Waals surface area (Å²) in [5.41, 5.74) is 13.8. The van der Waals surface area contributed by atoms with E-state index in [-0.39, 0.29) is 17.1 Å². The van der Waals surface area contributed by atoms with E-state index in [1.165, 1.54) is 28.5 Å². The number of aromatic nitrogens is 2. The van der Waals surface area contributed by atoms with Gasteiger partial charge in [0, 0.05) is 30.8 Å². The zero-order valence-corrected chi connectivity index (χ0v) is 19.6. The second-order valence-corrected chi connectivity index (χ2v) is 9.29. The summed E-state index contributed by atoms with van der Waals surface area (Å²) in [7, 11) is 0. The molecule has 0 saturated carbocycles. The Morgan fingerprint density at radius 2 is 1.91 bits per heavy atom. The van der Waals surface area contributed by atoms with E-state index < -0.39 is 0 Å². The van der Waals surface area contributed by atoms with Crippen molar-refractivity contribution < 1.29 is 4.79 Å². The minimum atomic E-state index is -0.197. The Bertz CT molecular complexity index is 1130. The highest BCUT2D eigenvalue weighted by Crippen LogP contribution is 2.41. The second-order valence-electron chi connectivity index (χ2n) is 8.10. The molecule has 6 nitrogen and oxygen atoms in total. The molecule has 1 aliphatic rings. The summed E-state index contributed by atoms with van der Waals surface area (Å²) in [6.07, 6.45) is 0.607. The third-order valence-electron chi connectivity index (χ3n) is 5.70. The van der Waals surface area contributed by atoms with Crippen molar-refractivity contribution in [2.45, 2.75) is 50.6 Å². The van der Waals surface area contributed by atoms with Crippen LogP contribution in [0.2, 0.25) is 0 Å². The van der Waals surface area contributed by atoms with Crippen LogP contribution in [0.5, 0.6) is 0 Å². The van der Waals surface area contributed by atoms with E-state index in [1.54, 1.807) is 0 Å². The van der Waals surface area contributed by atoms with Gasteiger partial charge in [0.2, 0.25) is 11.9 Å². The maximum absolute atomic E-state index is 12.4. The van der Waals surface area contributed by atoms with Gasteiger partial charge in [0.1, 0.15) is 5.03 Å². The van der Waals surface area contributed by atoms with Gasteiger partial charge in [0.15, 0.2) is 0 Å². The number of nitrogens with two attached hydrogens (primary N) is 1. The molecule has 2 aromatic carbocycles. The van der Waals surface area contributed by atoms with Gasteiger partial charge in [-0.3, -0.25) is 4.79 Å². The van der Waals surface area contributed by atoms with E-state index in [1.807, 2.05) is 13.0 Å². The fourth-order valence-corrected chi connectivity index (χ4v) is 5.24. The summed E-state index contributed by atoms with van der Waals surface area (Å²) in [4.78, 5) is 21.5. The summed E-state index contributed by atoms with van der Waals surface area (Å²) < 4.78 is 0. The van der Waals surface area contributed by atoms with Crippen LogP contribution in [0, 0.1) is 13.8 Å². The van der Waals surface area contributed by atoms with Gasteiger partial charge >= 0.3 is 0 Å². The number of nitrogen functional groups attached to an aromatic ring is 1. The predicted octanol–water partition coefficient (Wildman–Crippen LogP) is 3.79. The first kappa shape index (κ1) is 22.3. The molecule has 32 heavy (non-hydrogen) atoms. The topological polar surface area (TPSA) is 92.9 Å². The van der Waals surface area contributed by atoms with Crippen molar-refractivity contribution in [1.29, 1.82) is 0 Å². The summed E-state index contributed by atoms with van der Waals surface area (Å²) in [6.45, 7) is 8.34. The van der Waals surface area contributed by atoms with Crippen molar-refractivity contribution in [2.24, 2.45) is 0 Å². The maximum Gasteiger partial charge on any atom is 0.233 e. The van der Waals surface area contributed by atoms with Gasteiger partial charge < -0.3 is 16.4 Å². The first-order valence-corrected chi connectivity index (χ1v) is 11.8. The van der Waals surface area contributed by atoms with Gasteiger partial charge in [-0.15, -0.1) is 0 Å². The van der Waals surface area contributed by atoms with Crippen LogP contribution < -0.4 is 16.4 Å². The molecule has 0 spiro atoms. The highest BCUT2D eigenvalue weighted by Gasteiger charge is 2.32. The number of nitrogens with one attached hydrogen (secondary N) is 2. The Hall–Kier alpha value is -2.90. The molecule has 3 aromatic rings. The Morgan fingerprint density at radius 1 is 1.12 bits per heavy atom. The van der Waals surface area contributed by atoms with Gasteiger partial charge in [-0.2, -0.15) is 0 Å². The largest absolute Gasteiger partial charge is 0.368 e. The van der Waals surface area contributed by atoms with Gasteiger partial charge in [0.25, 0.3) is 0 Å². The number of carbonyl (C=O) groups excluding carboxylic acids is 1. The van der Waals surface area contributed by atoms with Gasteiger partial charge in [-0.05, 0) is 55.5 Å². The highest BCUT2D eigenvalue weighted by atomic mass is 32.2. The normalized spacial score (nSPS) is 14.9. The molecule has 1 unspecified atom stereocenters. The van der Waals surface area contributed by atoms with E-state index >= 15 is 0 Å². The third kappa shape index (κ3) is 4.79. The van der Waals surface area contributed by atoms with Crippen molar-refractivity contribution >= 4 is 23.6 Å². The third-order valence-corrected chi connectivity index (χ3v) is 6.92. The molecule has 1 atom stereocenters. The van der Waals surface area contributed by atoms with E-state index in [0.29, 0.717) is 13.0 Å². The molecule has 1 amide bonds. The lowest BCUT2D eigenvalue weighted by molar-refractivity contribution is -0.120. The Labute approximate surface area is 193 Å². The van der Waals surface area contributed by atoms with Crippen LogP contribution >= 0.6 is 11.8 Å². The smallest absolute Gasteiger partial charge is 0.233 e. The van der Waals surface area contributed by atoms with Gasteiger partial charge in [0.05, 0.1) is 10.9 Å². The monoisotopic (exact) mass is 447 g/mol. The zero-order valence-electron chi connectivity index (χ0n) is 18.7. The molecule has 7 heteroatoms. The van der Waals surface area contributed by atoms with Crippen molar-refractivity contribution in [1.82, 2.24) is 20.6 Å². The second kappa shape index (κ2) is 9.71. The van der Waals surface area contributed by atoms with E-state index in [0.717, 1.165) is 40.5 Å². The SMILES string of the molecule is CCNC(=O)C1Cc2c(nc(N)nc2-c2cc(CNCc3ccccc3)c(C)cc2C)S1. The molecular weight excluding hydrogens is 418 g/mol. The minimum Gasteiger partial charge on any atom is -0.368 e. The lowest BCUT2D eigenvalue weighted by Crippen LogP contribution is -2.32. The molecule has 2 heterocycles. The fourth-order valence-electron chi connectivity index (χ4n) is 4.06. The average molecular weight is 448 g/mol. The standard InChI is InChI=1S/C25H29N5OS/c1-4-28-23(31)21-12-20-22(29-25(26)30-24(20)32-21)19-11-18(15(2)10-16(19)3)14-27-13-17-8-6-5-7-9-17/h5-11,21,27H,4,12-14H2,1-3H3,(H,28,31)(H2,26,29,30). The van der Waals surface area contributed by atoms with Crippen LogP contribution in [0.15, 0.2) is 47.5 Å². The number of hydrogen-bond acceptors (Lipinski definition) is 6. The van der Waals surface area contributed by atoms with Crippen LogP contribution in [0.3, 0.4) is 0 Å². The molecule has 0 aliphatic carbocycles. The van der Waals surface area contributed by atoms with Gasteiger partial charge in [-0.25, -0.2) is 9.97 Å². The lowest BCUT2D eigenvalue weighted by Gasteiger charge is -2.15. The fraction of sp³-hybridized carbons (Fsp3) is 0.320. The zero-order chi connectivity index (χ0) is 22.7. The molecule has 1 aliphatic heterocycles. The number of nitrogens with zero attached hydrogens (tertiary/aromatic N) is 2. The molecular formula is C25H29N5OS. The quantitative estimate of drug-likeness (QED) is 0.477. The Morgan fingerprint density at radius 3 is 2.66 bits per heavy atom. The van der Waals surface area contributed by atoms with Crippen molar-refractivity contribution in [3.63, 3.8) is 0 Å². The number of carbonyl (C=O) groups is 1. The number of benzene rings is 2. The minimum absolute atomic E-state index is 0.0338. The Balaban J connectivity index is 1.62. The summed E-state index contributed by atoms with van der Waals surface area (Å²) in [6, 6.07) is 14.8. The molecule has 0 radical (unpaired) electrons. The first-order chi connectivity index (χ1) is 15.5. The van der Waals surface area contributed by atoms with E-state index in [2.05, 4.69) is 70.8 Å². The van der Waals surface area contributed by atoms with Crippen LogP contribution in [0.4, 0.5) is 5.95 Å². The molecule has 166 valence electrons. The molecule has 0 saturated heterocycles. The number of fused-ring (bicyclic) bond motifs is 1. The van der Waals surface area contributed by atoms with Gasteiger partial charge in [-0.1, -0.05) is 48.2 Å². The van der Waals surface area contributed by atoms with Crippen molar-refractivity contribution in [3.05, 3.63) is 70.3 Å². The molecule has 1 aromatic heterocycles. The Kier molecular flexibility index (Phi) is 6.77. The maximum atomic E-state index is 12.4. The van der Waals surface area contributed by atoms with Crippen LogP contribution in [0.1, 0.15) is 34.7 Å². The summed E-state index contributed by atoms with van der Waals surface area (Å²) in [5.74, 6) is 0.276. The van der Waals surface area contributed by atoms with E-state index in [4.69, 9.17) is 5.73 Å². The van der Waals surface area contributed by atoms with Crippen molar-refractivity contribution in [3.8, 4) is 11.3 Å². The number of hydrogen-bond donors (Lipinski definition) is 3. The van der Waals surface area contributed by atoms with Crippen LogP contribution in [-0.2, 0) is 24.3 Å². The molecule has 0 bridgehead atoms. The van der Waals surface area contributed by atoms with Crippen molar-refractivity contribution in [2.75, 3.05) is 12.3 Å². The van der Waals surface area contributed by atoms with Crippen LogP contribution in [0.25, 0.3) is 11.3 Å². The first-order valence-electron chi connectivity index (χ1n) is 10.9. The highest BCUT2D eigenvalue weighted by molar-refractivity contribution is 8.00. The summed E-state index contributed by atoms with van der Waals surface area (Å²) in [5, 5.41) is 7.07. The number of thioether (sulfide) groups is 1. The average Bonchev–Trinajstić information content (AvgIpc) is 3.20. The molecule has 0 fully saturated rings. The van der Waals surface area contributed by atoms with E-state index in [9.17, 15) is 4.79 Å². The predicted molar refractivity (Wildman–Crippen MR) is 130 cm³/mol. The summed E-state index contributed by atoms with van der Waals surface area (Å²) >= 11 is 1.48. The number of aryl methyl sites for hydroxylation is 2. The van der Waals surface area contributed by atoms with Crippen LogP contribution in [-0.4, -0.2) is 27.7 Å². The number of amides is 1.